The summed E-state index contributed by atoms with van der Waals surface area (Å²) >= 11 is 3.23. The number of aliphatic hydroxyl groups excluding tert-OH is 2. The first kappa shape index (κ1) is 66.5. The summed E-state index contributed by atoms with van der Waals surface area (Å²) in [6.45, 7) is 15.9. The molecule has 0 aliphatic carbocycles. The molecule has 4 aromatic carbocycles. The van der Waals surface area contributed by atoms with Crippen molar-refractivity contribution < 1.29 is 46.2 Å². The molecule has 6 N–H and O–H groups in total. The van der Waals surface area contributed by atoms with E-state index in [1.807, 2.05) is 97.0 Å². The van der Waals surface area contributed by atoms with Gasteiger partial charge in [0.05, 0.1) is 46.0 Å². The van der Waals surface area contributed by atoms with E-state index in [1.165, 1.54) is 32.9 Å². The number of aliphatic hydroxyl groups is 2. The molecule has 0 fully saturated rings. The van der Waals surface area contributed by atoms with Crippen LogP contribution in [0.3, 0.4) is 0 Å². The Hall–Kier alpha value is -5.06. The van der Waals surface area contributed by atoms with E-state index in [0.29, 0.717) is 18.4 Å². The highest BCUT2D eigenvalue weighted by Gasteiger charge is 2.47. The maximum atomic E-state index is 15.9. The number of alkyl halides is 1. The molecule has 17 nitrogen and oxygen atoms in total. The summed E-state index contributed by atoms with van der Waals surface area (Å²) in [6, 6.07) is 30.2. The van der Waals surface area contributed by atoms with Crippen LogP contribution in [-0.4, -0.2) is 140 Å². The molecule has 0 aliphatic heterocycles. The van der Waals surface area contributed by atoms with E-state index in [4.69, 9.17) is 0 Å². The van der Waals surface area contributed by atoms with Crippen molar-refractivity contribution in [1.82, 2.24) is 35.0 Å². The van der Waals surface area contributed by atoms with Gasteiger partial charge in [-0.1, -0.05) is 175 Å². The van der Waals surface area contributed by atoms with Gasteiger partial charge in [0.2, 0.25) is 37.8 Å². The molecule has 4 aromatic rings. The van der Waals surface area contributed by atoms with E-state index < -0.39 is 97.3 Å². The van der Waals surface area contributed by atoms with Crippen molar-refractivity contribution in [3.63, 3.8) is 0 Å². The zero-order valence-electron chi connectivity index (χ0n) is 47.6. The van der Waals surface area contributed by atoms with Gasteiger partial charge in [-0.15, -0.1) is 0 Å². The Kier molecular flexibility index (Phi) is 25.8. The Labute approximate surface area is 478 Å². The molecule has 0 saturated heterocycles. The molecule has 1 unspecified atom stereocenters. The fourth-order valence-corrected chi connectivity index (χ4v) is 12.4. The number of amides is 4. The van der Waals surface area contributed by atoms with E-state index in [1.54, 1.807) is 69.4 Å². The van der Waals surface area contributed by atoms with Crippen LogP contribution < -0.4 is 21.4 Å². The largest absolute Gasteiger partial charge is 0.390 e. The average Bonchev–Trinajstić information content (AvgIpc) is 3.41. The van der Waals surface area contributed by atoms with Crippen molar-refractivity contribution in [1.29, 1.82) is 0 Å². The smallest absolute Gasteiger partial charge is 0.252 e. The lowest BCUT2D eigenvalue weighted by Crippen LogP contribution is -2.63. The summed E-state index contributed by atoms with van der Waals surface area (Å²) in [5.74, 6) is -3.37. The maximum Gasteiger partial charge on any atom is 0.252 e. The van der Waals surface area contributed by atoms with Crippen molar-refractivity contribution in [2.45, 2.75) is 135 Å². The minimum atomic E-state index is -4.18. The molecule has 6 atom stereocenters. The van der Waals surface area contributed by atoms with Crippen molar-refractivity contribution in [3.8, 4) is 0 Å². The van der Waals surface area contributed by atoms with Crippen molar-refractivity contribution in [2.75, 3.05) is 45.1 Å². The quantitative estimate of drug-likeness (QED) is 0.0233. The van der Waals surface area contributed by atoms with Gasteiger partial charge in [-0.25, -0.2) is 21.8 Å². The Morgan fingerprint density at radius 1 is 0.608 bits per heavy atom. The molecule has 0 bridgehead atoms. The molecule has 0 heterocycles. The second kappa shape index (κ2) is 30.7. The van der Waals surface area contributed by atoms with Crippen LogP contribution in [0.5, 0.6) is 0 Å². The number of hydrazine groups is 1. The number of hydrogen-bond acceptors (Lipinski definition) is 11. The van der Waals surface area contributed by atoms with Crippen molar-refractivity contribution >= 4 is 59.6 Å². The molecule has 0 spiro atoms. The number of rotatable bonds is 31. The van der Waals surface area contributed by atoms with Gasteiger partial charge in [0.15, 0.2) is 0 Å². The van der Waals surface area contributed by atoms with Crippen LogP contribution in [0.2, 0.25) is 0 Å². The van der Waals surface area contributed by atoms with Crippen LogP contribution >= 0.6 is 15.9 Å². The third-order valence-corrected chi connectivity index (χ3v) is 18.2. The Morgan fingerprint density at radius 3 is 1.46 bits per heavy atom. The van der Waals surface area contributed by atoms with Crippen LogP contribution in [-0.2, 0) is 52.1 Å². The maximum absolute atomic E-state index is 15.9. The summed E-state index contributed by atoms with van der Waals surface area (Å²) in [6.07, 6.45) is -2.12. The lowest BCUT2D eigenvalue weighted by atomic mass is 9.68. The number of likely N-dealkylation sites (N-methyl/N-ethyl adjacent to an activating group) is 1. The summed E-state index contributed by atoms with van der Waals surface area (Å²) in [5.41, 5.74) is 1.97. The zero-order chi connectivity index (χ0) is 58.7. The third kappa shape index (κ3) is 20.2. The van der Waals surface area contributed by atoms with Gasteiger partial charge in [0.25, 0.3) is 5.91 Å². The number of carbonyl (C=O) groups excluding carboxylic acids is 4. The van der Waals surface area contributed by atoms with Gasteiger partial charge < -0.3 is 26.2 Å². The Morgan fingerprint density at radius 2 is 1.04 bits per heavy atom. The van der Waals surface area contributed by atoms with Crippen molar-refractivity contribution in [3.05, 3.63) is 132 Å². The minimum absolute atomic E-state index is 0.0176. The highest BCUT2D eigenvalue weighted by molar-refractivity contribution is 9.09. The van der Waals surface area contributed by atoms with Gasteiger partial charge in [-0.2, -0.15) is 8.61 Å². The average molecular weight is 1200 g/mol. The normalized spacial score (nSPS) is 14.8. The molecule has 4 rings (SSSR count). The first-order valence-corrected chi connectivity index (χ1v) is 31.1. The van der Waals surface area contributed by atoms with Crippen molar-refractivity contribution in [2.24, 2.45) is 28.6 Å². The fraction of sp³-hybridized carbons (Fsp3) is 0.525. The molecule has 20 heteroatoms. The van der Waals surface area contributed by atoms with Crippen LogP contribution in [0.15, 0.2) is 131 Å². The first-order chi connectivity index (χ1) is 37.1. The summed E-state index contributed by atoms with van der Waals surface area (Å²) in [7, 11) is -6.73. The number of nitrogens with zero attached hydrogens (tertiary/aromatic N) is 3. The SMILES string of the molecule is CNCC(=O)NN(C(=O)C(CC(C)(C)[C@H](NC(=O)CBr)C(=O)N[C@@H](Cc1ccccc1)[C@H](O)CN(CCC(C)C)S(=O)(=O)c1ccccc1)C(C)(C)C)[C@@H](Cc1ccccc1)[C@H](O)CN(CCC(C)C)S(=O)(=O)c1ccccc1. The number of halogens is 1. The number of sulfonamides is 2. The second-order valence-corrected chi connectivity index (χ2v) is 27.4. The summed E-state index contributed by atoms with van der Waals surface area (Å²) < 4.78 is 59.6. The Balaban J connectivity index is 1.83. The fourth-order valence-electron chi connectivity index (χ4n) is 9.27. The van der Waals surface area contributed by atoms with Gasteiger partial charge in [0.1, 0.15) is 6.04 Å². The van der Waals surface area contributed by atoms with E-state index in [2.05, 4.69) is 37.3 Å². The third-order valence-electron chi connectivity index (χ3n) is 14.0. The van der Waals surface area contributed by atoms with Crippen LogP contribution in [0.4, 0.5) is 0 Å². The number of hydrogen-bond donors (Lipinski definition) is 6. The van der Waals surface area contributed by atoms with E-state index in [0.717, 1.165) is 10.6 Å². The minimum Gasteiger partial charge on any atom is -0.390 e. The van der Waals surface area contributed by atoms with E-state index in [-0.39, 0.29) is 72.4 Å². The van der Waals surface area contributed by atoms with E-state index in [9.17, 15) is 36.6 Å². The lowest BCUT2D eigenvalue weighted by Gasteiger charge is -2.44. The molecule has 0 aliphatic rings. The predicted molar refractivity (Wildman–Crippen MR) is 313 cm³/mol. The monoisotopic (exact) mass is 1200 g/mol. The number of benzene rings is 4. The molecule has 436 valence electrons. The number of nitrogens with one attached hydrogen (secondary N) is 4. The lowest BCUT2D eigenvalue weighted by molar-refractivity contribution is -0.156. The van der Waals surface area contributed by atoms with Gasteiger partial charge in [0, 0.05) is 32.1 Å². The molecular formula is C59H86BrN7O10S2. The molecule has 0 radical (unpaired) electrons. The summed E-state index contributed by atoms with van der Waals surface area (Å²) in [4.78, 5) is 58.4. The molecular weight excluding hydrogens is 1110 g/mol. The zero-order valence-corrected chi connectivity index (χ0v) is 50.9. The highest BCUT2D eigenvalue weighted by atomic mass is 79.9. The number of carbonyl (C=O) groups is 4. The second-order valence-electron chi connectivity index (χ2n) is 22.9. The first-order valence-electron chi connectivity index (χ1n) is 27.1. The summed E-state index contributed by atoms with van der Waals surface area (Å²) in [5, 5.41) is 34.4. The van der Waals surface area contributed by atoms with Gasteiger partial charge >= 0.3 is 0 Å². The molecule has 79 heavy (non-hydrogen) atoms. The molecule has 4 amide bonds. The standard InChI is InChI=1S/C59H86BrN7O10S2/c1-42(2)31-33-65(78(74,75)46-27-19-13-20-28-46)40-51(68)49(35-44-23-15-11-16-24-44)62-56(72)55(63-53(70)38-60)59(8,9)37-48(58(5,6)7)57(73)67(64-54(71)39-61-10)50(36-45-25-17-12-18-26-45)52(69)41-66(34-32-43(3)4)79(76,77)47-29-21-14-22-30-47/h11-30,42-43,48-52,55,61,68-69H,31-41H2,1-10H3,(H,62,72)(H,63,70)(H,64,71)/t48?,49-,50-,51+,52+,55+/m0/s1. The Bertz CT molecular complexity index is 2750. The predicted octanol–water partition coefficient (Wildman–Crippen LogP) is 6.56. The molecule has 0 aromatic heterocycles. The van der Waals surface area contributed by atoms with Crippen LogP contribution in [0, 0.1) is 28.6 Å². The highest BCUT2D eigenvalue weighted by Crippen LogP contribution is 2.40. The topological polar surface area (TPSA) is 235 Å². The van der Waals surface area contributed by atoms with Crippen LogP contribution in [0.1, 0.15) is 92.7 Å². The van der Waals surface area contributed by atoms with Crippen LogP contribution in [0.25, 0.3) is 0 Å². The van der Waals surface area contributed by atoms with E-state index >= 15 is 9.59 Å². The molecule has 0 saturated carbocycles. The van der Waals surface area contributed by atoms with Gasteiger partial charge in [-0.3, -0.25) is 24.6 Å². The van der Waals surface area contributed by atoms with Gasteiger partial charge in [-0.05, 0) is 97.2 Å².